The van der Waals surface area contributed by atoms with Crippen molar-refractivity contribution in [2.24, 2.45) is 5.73 Å². The van der Waals surface area contributed by atoms with Crippen LogP contribution in [0.1, 0.15) is 29.6 Å². The summed E-state index contributed by atoms with van der Waals surface area (Å²) in [6, 6.07) is 3.75. The lowest BCUT2D eigenvalue weighted by molar-refractivity contribution is -0.140. The third-order valence-corrected chi connectivity index (χ3v) is 4.49. The SMILES string of the molecule is CN1CCOc2ccccc2C(=O)N[C@H](C(=O)O)CCC(=O)N[C@@H](CC(N)=O)C1=O. The van der Waals surface area contributed by atoms with E-state index in [4.69, 9.17) is 10.5 Å². The number of ether oxygens (including phenoxy) is 1. The van der Waals surface area contributed by atoms with Gasteiger partial charge in [-0.3, -0.25) is 19.2 Å². The third-order valence-electron chi connectivity index (χ3n) is 4.49. The molecule has 0 aliphatic carbocycles. The number of primary amides is 1. The van der Waals surface area contributed by atoms with Crippen LogP contribution in [0, 0.1) is 0 Å². The number of nitrogens with zero attached hydrogens (tertiary/aromatic N) is 1. The van der Waals surface area contributed by atoms with Crippen LogP contribution >= 0.6 is 0 Å². The summed E-state index contributed by atoms with van der Waals surface area (Å²) in [4.78, 5) is 61.5. The molecule has 1 aliphatic rings. The van der Waals surface area contributed by atoms with E-state index in [1.165, 1.54) is 18.0 Å². The minimum absolute atomic E-state index is 0.0200. The Morgan fingerprint density at radius 2 is 1.93 bits per heavy atom. The lowest BCUT2D eigenvalue weighted by Crippen LogP contribution is -2.50. The number of hydrogen-bond donors (Lipinski definition) is 4. The second-order valence-corrected chi connectivity index (χ2v) is 6.80. The Morgan fingerprint density at radius 1 is 1.23 bits per heavy atom. The molecule has 11 nitrogen and oxygen atoms in total. The lowest BCUT2D eigenvalue weighted by atomic mass is 10.1. The zero-order chi connectivity index (χ0) is 22.3. The van der Waals surface area contributed by atoms with E-state index < -0.39 is 48.1 Å². The van der Waals surface area contributed by atoms with Gasteiger partial charge in [-0.25, -0.2) is 4.79 Å². The number of amides is 4. The molecule has 0 unspecified atom stereocenters. The van der Waals surface area contributed by atoms with E-state index in [2.05, 4.69) is 10.6 Å². The normalized spacial score (nSPS) is 21.2. The van der Waals surface area contributed by atoms with Gasteiger partial charge in [-0.05, 0) is 18.6 Å². The molecule has 2 rings (SSSR count). The third kappa shape index (κ3) is 6.19. The molecule has 4 amide bonds. The van der Waals surface area contributed by atoms with Gasteiger partial charge in [-0.15, -0.1) is 0 Å². The predicted molar refractivity (Wildman–Crippen MR) is 103 cm³/mol. The van der Waals surface area contributed by atoms with Gasteiger partial charge in [0.25, 0.3) is 5.91 Å². The molecule has 1 aromatic carbocycles. The monoisotopic (exact) mass is 420 g/mol. The summed E-state index contributed by atoms with van der Waals surface area (Å²) in [7, 11) is 1.48. The van der Waals surface area contributed by atoms with Crippen molar-refractivity contribution in [2.45, 2.75) is 31.3 Å². The van der Waals surface area contributed by atoms with Gasteiger partial charge in [0.2, 0.25) is 17.7 Å². The van der Waals surface area contributed by atoms with E-state index in [0.717, 1.165) is 0 Å². The fourth-order valence-corrected chi connectivity index (χ4v) is 2.89. The maximum absolute atomic E-state index is 12.6. The zero-order valence-corrected chi connectivity index (χ0v) is 16.4. The van der Waals surface area contributed by atoms with Crippen molar-refractivity contribution < 1.29 is 33.8 Å². The van der Waals surface area contributed by atoms with E-state index in [9.17, 15) is 29.1 Å². The van der Waals surface area contributed by atoms with Crippen molar-refractivity contribution in [1.29, 1.82) is 0 Å². The number of fused-ring (bicyclic) bond motifs is 1. The first-order valence-electron chi connectivity index (χ1n) is 9.27. The molecule has 0 saturated heterocycles. The van der Waals surface area contributed by atoms with Crippen molar-refractivity contribution in [1.82, 2.24) is 15.5 Å². The molecule has 0 aromatic heterocycles. The number of likely N-dealkylation sites (N-methyl/N-ethyl adjacent to an activating group) is 1. The van der Waals surface area contributed by atoms with E-state index >= 15 is 0 Å². The van der Waals surface area contributed by atoms with Crippen LogP contribution in [0.25, 0.3) is 0 Å². The molecule has 0 bridgehead atoms. The largest absolute Gasteiger partial charge is 0.491 e. The first-order chi connectivity index (χ1) is 14.2. The Balaban J connectivity index is 2.31. The van der Waals surface area contributed by atoms with Crippen LogP contribution in [0.15, 0.2) is 24.3 Å². The molecule has 30 heavy (non-hydrogen) atoms. The number of para-hydroxylation sites is 1. The number of carbonyl (C=O) groups excluding carboxylic acids is 4. The number of carbonyl (C=O) groups is 5. The summed E-state index contributed by atoms with van der Waals surface area (Å²) in [6.45, 7) is 0.129. The Bertz CT molecular complexity index is 842. The van der Waals surface area contributed by atoms with Gasteiger partial charge in [0.05, 0.1) is 18.5 Å². The molecular weight excluding hydrogens is 396 g/mol. The van der Waals surface area contributed by atoms with Crippen molar-refractivity contribution >= 4 is 29.6 Å². The van der Waals surface area contributed by atoms with Gasteiger partial charge in [-0.1, -0.05) is 12.1 Å². The number of aliphatic carboxylic acids is 1. The molecule has 2 atom stereocenters. The number of carboxylic acids is 1. The molecular formula is C19H24N4O7. The molecule has 5 N–H and O–H groups in total. The fraction of sp³-hybridized carbons (Fsp3) is 0.421. The fourth-order valence-electron chi connectivity index (χ4n) is 2.89. The Morgan fingerprint density at radius 3 is 2.60 bits per heavy atom. The quantitative estimate of drug-likeness (QED) is 0.479. The van der Waals surface area contributed by atoms with Crippen molar-refractivity contribution in [3.63, 3.8) is 0 Å². The Hall–Kier alpha value is -3.63. The summed E-state index contributed by atoms with van der Waals surface area (Å²) in [5.74, 6) is -3.72. The number of rotatable bonds is 3. The highest BCUT2D eigenvalue weighted by molar-refractivity contribution is 5.99. The highest BCUT2D eigenvalue weighted by Gasteiger charge is 2.28. The maximum atomic E-state index is 12.6. The standard InChI is InChI=1S/C19H24N4O7/c1-23-8-9-30-14-5-3-2-4-11(14)17(26)22-12(19(28)29)6-7-16(25)21-13(18(23)27)10-15(20)24/h2-5,12-13H,6-10H2,1H3,(H2,20,24)(H,21,25)(H,22,26)(H,28,29)/t12-,13-/m0/s1. The minimum atomic E-state index is -1.34. The number of benzene rings is 1. The van der Waals surface area contributed by atoms with E-state index in [1.54, 1.807) is 18.2 Å². The van der Waals surface area contributed by atoms with Crippen LogP contribution in [-0.4, -0.2) is 71.9 Å². The van der Waals surface area contributed by atoms with Gasteiger partial charge in [0.1, 0.15) is 24.4 Å². The summed E-state index contributed by atoms with van der Waals surface area (Å²) < 4.78 is 5.60. The van der Waals surface area contributed by atoms with E-state index in [-0.39, 0.29) is 37.3 Å². The van der Waals surface area contributed by atoms with Gasteiger partial charge in [-0.2, -0.15) is 0 Å². The average molecular weight is 420 g/mol. The molecule has 1 heterocycles. The maximum Gasteiger partial charge on any atom is 0.326 e. The van der Waals surface area contributed by atoms with Gasteiger partial charge in [0.15, 0.2) is 0 Å². The smallest absolute Gasteiger partial charge is 0.326 e. The van der Waals surface area contributed by atoms with Crippen LogP contribution in [-0.2, 0) is 19.2 Å². The van der Waals surface area contributed by atoms with Gasteiger partial charge >= 0.3 is 5.97 Å². The van der Waals surface area contributed by atoms with E-state index in [1.807, 2.05) is 0 Å². The van der Waals surface area contributed by atoms with Crippen LogP contribution in [0.3, 0.4) is 0 Å². The van der Waals surface area contributed by atoms with Crippen molar-refractivity contribution in [3.8, 4) is 5.75 Å². The second-order valence-electron chi connectivity index (χ2n) is 6.80. The molecule has 0 spiro atoms. The molecule has 0 fully saturated rings. The van der Waals surface area contributed by atoms with Crippen LogP contribution in [0.2, 0.25) is 0 Å². The van der Waals surface area contributed by atoms with Crippen molar-refractivity contribution in [3.05, 3.63) is 29.8 Å². The number of carboxylic acid groups (broad SMARTS) is 1. The summed E-state index contributed by atoms with van der Waals surface area (Å²) in [6.07, 6.45) is -0.914. The predicted octanol–water partition coefficient (Wildman–Crippen LogP) is -1.14. The van der Waals surface area contributed by atoms with E-state index in [0.29, 0.717) is 0 Å². The van der Waals surface area contributed by atoms with Crippen LogP contribution in [0.5, 0.6) is 5.75 Å². The topological polar surface area (TPSA) is 168 Å². The first kappa shape index (κ1) is 22.7. The lowest BCUT2D eigenvalue weighted by Gasteiger charge is -2.24. The summed E-state index contributed by atoms with van der Waals surface area (Å²) in [5.41, 5.74) is 5.31. The zero-order valence-electron chi connectivity index (χ0n) is 16.4. The molecule has 11 heteroatoms. The van der Waals surface area contributed by atoms with Crippen LogP contribution < -0.4 is 21.1 Å². The summed E-state index contributed by atoms with van der Waals surface area (Å²) >= 11 is 0. The van der Waals surface area contributed by atoms with Gasteiger partial charge in [0, 0.05) is 13.5 Å². The van der Waals surface area contributed by atoms with Crippen LogP contribution in [0.4, 0.5) is 0 Å². The number of nitrogens with two attached hydrogens (primary N) is 1. The number of hydrogen-bond acceptors (Lipinski definition) is 6. The Kier molecular flexibility index (Phi) is 7.73. The minimum Gasteiger partial charge on any atom is -0.491 e. The highest BCUT2D eigenvalue weighted by atomic mass is 16.5. The molecule has 162 valence electrons. The average Bonchev–Trinajstić information content (AvgIpc) is 2.69. The Labute approximate surface area is 172 Å². The first-order valence-corrected chi connectivity index (χ1v) is 9.27. The van der Waals surface area contributed by atoms with Crippen molar-refractivity contribution in [2.75, 3.05) is 20.2 Å². The highest BCUT2D eigenvalue weighted by Crippen LogP contribution is 2.18. The van der Waals surface area contributed by atoms with Gasteiger partial charge < -0.3 is 31.1 Å². The molecule has 0 radical (unpaired) electrons. The second kappa shape index (κ2) is 10.2. The molecule has 0 saturated carbocycles. The molecule has 1 aliphatic heterocycles. The number of nitrogens with one attached hydrogen (secondary N) is 2. The molecule has 1 aromatic rings. The summed E-state index contributed by atoms with van der Waals surface area (Å²) in [5, 5.41) is 14.2.